The molecule has 5 heteroatoms. The number of nitrogens with zero attached hydrogens (tertiary/aromatic N) is 1. The van der Waals surface area contributed by atoms with Crippen molar-refractivity contribution in [3.05, 3.63) is 59.2 Å². The van der Waals surface area contributed by atoms with Gasteiger partial charge in [-0.25, -0.2) is 9.78 Å². The normalized spacial score (nSPS) is 10.6. The van der Waals surface area contributed by atoms with Gasteiger partial charge < -0.3 is 15.2 Å². The third kappa shape index (κ3) is 3.01. The maximum Gasteiger partial charge on any atom is 0.339 e. The molecule has 0 fully saturated rings. The molecule has 2 aromatic carbocycles. The summed E-state index contributed by atoms with van der Waals surface area (Å²) in [5, 5.41) is 13.4. The van der Waals surface area contributed by atoms with Gasteiger partial charge in [0.1, 0.15) is 17.1 Å². The number of hydrogen-bond acceptors (Lipinski definition) is 4. The fraction of sp³-hybridized carbons (Fsp3) is 0.158. The molecule has 0 atom stereocenters. The lowest BCUT2D eigenvalue weighted by atomic mass is 10.1. The molecule has 0 saturated carbocycles. The number of carbonyl (C=O) groups is 1. The quantitative estimate of drug-likeness (QED) is 0.749. The molecule has 0 aliphatic heterocycles. The Bertz CT molecular complexity index is 935. The third-order valence-corrected chi connectivity index (χ3v) is 4.02. The molecule has 5 nitrogen and oxygen atoms in total. The van der Waals surface area contributed by atoms with Crippen LogP contribution in [0.5, 0.6) is 5.75 Å². The number of ether oxygens (including phenoxy) is 1. The van der Waals surface area contributed by atoms with E-state index in [1.165, 1.54) is 5.56 Å². The van der Waals surface area contributed by atoms with Gasteiger partial charge in [-0.1, -0.05) is 6.07 Å². The van der Waals surface area contributed by atoms with Gasteiger partial charge in [0.2, 0.25) is 0 Å². The largest absolute Gasteiger partial charge is 0.497 e. The summed E-state index contributed by atoms with van der Waals surface area (Å²) in [4.78, 5) is 16.1. The summed E-state index contributed by atoms with van der Waals surface area (Å²) >= 11 is 0. The lowest BCUT2D eigenvalue weighted by molar-refractivity contribution is 0.0698. The van der Waals surface area contributed by atoms with Gasteiger partial charge >= 0.3 is 5.97 Å². The van der Waals surface area contributed by atoms with Crippen LogP contribution in [0.15, 0.2) is 42.5 Å². The second kappa shape index (κ2) is 6.20. The van der Waals surface area contributed by atoms with Crippen LogP contribution < -0.4 is 10.1 Å². The number of benzene rings is 2. The Morgan fingerprint density at radius 3 is 2.54 bits per heavy atom. The molecule has 1 aromatic heterocycles. The molecule has 122 valence electrons. The summed E-state index contributed by atoms with van der Waals surface area (Å²) in [5.41, 5.74) is 3.90. The van der Waals surface area contributed by atoms with Crippen molar-refractivity contribution in [3.8, 4) is 5.75 Å². The topological polar surface area (TPSA) is 71.5 Å². The highest BCUT2D eigenvalue weighted by Gasteiger charge is 2.14. The molecule has 0 aliphatic carbocycles. The first kappa shape index (κ1) is 15.8. The second-order valence-corrected chi connectivity index (χ2v) is 5.67. The van der Waals surface area contributed by atoms with Crippen LogP contribution in [0.4, 0.5) is 11.5 Å². The molecule has 0 bridgehead atoms. The summed E-state index contributed by atoms with van der Waals surface area (Å²) in [7, 11) is 1.58. The highest BCUT2D eigenvalue weighted by atomic mass is 16.5. The van der Waals surface area contributed by atoms with Crippen molar-refractivity contribution in [1.82, 2.24) is 4.98 Å². The molecule has 0 aliphatic rings. The Hall–Kier alpha value is -3.08. The van der Waals surface area contributed by atoms with Crippen LogP contribution in [0.2, 0.25) is 0 Å². The second-order valence-electron chi connectivity index (χ2n) is 5.67. The van der Waals surface area contributed by atoms with Gasteiger partial charge in [-0.3, -0.25) is 0 Å². The van der Waals surface area contributed by atoms with Gasteiger partial charge in [0.25, 0.3) is 0 Å². The number of rotatable bonds is 4. The molecular formula is C19H18N2O3. The SMILES string of the molecule is COc1ccc2cc(C(=O)O)c(Nc3ccc(C)c(C)c3)nc2c1. The molecular weight excluding hydrogens is 304 g/mol. The maximum absolute atomic E-state index is 11.6. The molecule has 0 saturated heterocycles. The minimum Gasteiger partial charge on any atom is -0.497 e. The summed E-state index contributed by atoms with van der Waals surface area (Å²) in [6.07, 6.45) is 0. The van der Waals surface area contributed by atoms with Crippen molar-refractivity contribution in [2.75, 3.05) is 12.4 Å². The van der Waals surface area contributed by atoms with Crippen molar-refractivity contribution >= 4 is 28.4 Å². The number of anilines is 2. The van der Waals surface area contributed by atoms with Crippen LogP contribution >= 0.6 is 0 Å². The van der Waals surface area contributed by atoms with Crippen LogP contribution in [-0.2, 0) is 0 Å². The van der Waals surface area contributed by atoms with Crippen LogP contribution in [0, 0.1) is 13.8 Å². The van der Waals surface area contributed by atoms with E-state index in [9.17, 15) is 9.90 Å². The van der Waals surface area contributed by atoms with Crippen LogP contribution in [0.1, 0.15) is 21.5 Å². The van der Waals surface area contributed by atoms with Gasteiger partial charge in [-0.2, -0.15) is 0 Å². The van der Waals surface area contributed by atoms with Gasteiger partial charge in [0, 0.05) is 17.1 Å². The van der Waals surface area contributed by atoms with Crippen LogP contribution in [0.25, 0.3) is 10.9 Å². The van der Waals surface area contributed by atoms with Gasteiger partial charge in [-0.15, -0.1) is 0 Å². The van der Waals surface area contributed by atoms with Crippen molar-refractivity contribution in [3.63, 3.8) is 0 Å². The predicted octanol–water partition coefficient (Wildman–Crippen LogP) is 4.30. The number of nitrogens with one attached hydrogen (secondary N) is 1. The highest BCUT2D eigenvalue weighted by molar-refractivity contribution is 5.99. The Balaban J connectivity index is 2.11. The van der Waals surface area contributed by atoms with Crippen molar-refractivity contribution < 1.29 is 14.6 Å². The zero-order valence-electron chi connectivity index (χ0n) is 13.8. The number of methoxy groups -OCH3 is 1. The maximum atomic E-state index is 11.6. The van der Waals surface area contributed by atoms with E-state index in [0.29, 0.717) is 17.1 Å². The first-order valence-electron chi connectivity index (χ1n) is 7.54. The number of aryl methyl sites for hydroxylation is 2. The third-order valence-electron chi connectivity index (χ3n) is 4.02. The standard InChI is InChI=1S/C19H18N2O3/c1-11-4-6-14(8-12(11)2)20-18-16(19(22)23)9-13-5-7-15(24-3)10-17(13)21-18/h4-10H,1-3H3,(H,20,21)(H,22,23). The zero-order chi connectivity index (χ0) is 17.3. The summed E-state index contributed by atoms with van der Waals surface area (Å²) in [6, 6.07) is 12.9. The van der Waals surface area contributed by atoms with Gasteiger partial charge in [0.15, 0.2) is 0 Å². The summed E-state index contributed by atoms with van der Waals surface area (Å²) < 4.78 is 5.21. The van der Waals surface area contributed by atoms with E-state index in [0.717, 1.165) is 16.6 Å². The number of carboxylic acids is 1. The highest BCUT2D eigenvalue weighted by Crippen LogP contribution is 2.27. The lowest BCUT2D eigenvalue weighted by Crippen LogP contribution is -2.05. The molecule has 0 unspecified atom stereocenters. The minimum atomic E-state index is -1.02. The first-order valence-corrected chi connectivity index (χ1v) is 7.54. The summed E-state index contributed by atoms with van der Waals surface area (Å²) in [5.74, 6) is -0.0340. The lowest BCUT2D eigenvalue weighted by Gasteiger charge is -2.12. The smallest absolute Gasteiger partial charge is 0.339 e. The van der Waals surface area contributed by atoms with Gasteiger partial charge in [0.05, 0.1) is 12.6 Å². The van der Waals surface area contributed by atoms with Crippen molar-refractivity contribution in [1.29, 1.82) is 0 Å². The van der Waals surface area contributed by atoms with E-state index in [2.05, 4.69) is 10.3 Å². The number of pyridine rings is 1. The number of carboxylic acid groups (broad SMARTS) is 1. The number of aromatic carboxylic acids is 1. The van der Waals surface area contributed by atoms with E-state index in [4.69, 9.17) is 4.74 Å². The molecule has 24 heavy (non-hydrogen) atoms. The Kier molecular flexibility index (Phi) is 4.08. The van der Waals surface area contributed by atoms with E-state index < -0.39 is 5.97 Å². The molecule has 0 amide bonds. The molecule has 2 N–H and O–H groups in total. The van der Waals surface area contributed by atoms with E-state index in [1.54, 1.807) is 31.4 Å². The Labute approximate surface area is 139 Å². The molecule has 1 heterocycles. The molecule has 0 spiro atoms. The zero-order valence-corrected chi connectivity index (χ0v) is 13.8. The van der Waals surface area contributed by atoms with Crippen molar-refractivity contribution in [2.45, 2.75) is 13.8 Å². The van der Waals surface area contributed by atoms with Gasteiger partial charge in [-0.05, 0) is 55.3 Å². The van der Waals surface area contributed by atoms with Crippen LogP contribution in [0.3, 0.4) is 0 Å². The van der Waals surface area contributed by atoms with E-state index >= 15 is 0 Å². The first-order chi connectivity index (χ1) is 11.5. The Morgan fingerprint density at radius 2 is 1.88 bits per heavy atom. The van der Waals surface area contributed by atoms with Crippen LogP contribution in [-0.4, -0.2) is 23.2 Å². The number of hydrogen-bond donors (Lipinski definition) is 2. The average molecular weight is 322 g/mol. The molecule has 3 aromatic rings. The minimum absolute atomic E-state index is 0.130. The molecule has 3 rings (SSSR count). The van der Waals surface area contributed by atoms with E-state index in [1.807, 2.05) is 32.0 Å². The van der Waals surface area contributed by atoms with E-state index in [-0.39, 0.29) is 5.56 Å². The Morgan fingerprint density at radius 1 is 1.08 bits per heavy atom. The molecule has 0 radical (unpaired) electrons. The average Bonchev–Trinajstić information content (AvgIpc) is 2.56. The number of aromatic nitrogens is 1. The monoisotopic (exact) mass is 322 g/mol. The number of fused-ring (bicyclic) bond motifs is 1. The fourth-order valence-electron chi connectivity index (χ4n) is 2.49. The van der Waals surface area contributed by atoms with Crippen molar-refractivity contribution in [2.24, 2.45) is 0 Å². The summed E-state index contributed by atoms with van der Waals surface area (Å²) in [6.45, 7) is 4.04. The fourth-order valence-corrected chi connectivity index (χ4v) is 2.49. The predicted molar refractivity (Wildman–Crippen MR) is 94.5 cm³/mol.